The van der Waals surface area contributed by atoms with E-state index in [0.29, 0.717) is 11.5 Å². The van der Waals surface area contributed by atoms with Crippen molar-refractivity contribution in [2.45, 2.75) is 52.6 Å². The summed E-state index contributed by atoms with van der Waals surface area (Å²) in [5, 5.41) is 12.7. The summed E-state index contributed by atoms with van der Waals surface area (Å²) >= 11 is 0. The number of hydrogen-bond donors (Lipinski definition) is 2. The highest BCUT2D eigenvalue weighted by atomic mass is 16.4. The van der Waals surface area contributed by atoms with Crippen LogP contribution in [0.5, 0.6) is 0 Å². The van der Waals surface area contributed by atoms with Crippen molar-refractivity contribution >= 4 is 23.4 Å². The van der Waals surface area contributed by atoms with E-state index < -0.39 is 35.3 Å². The number of hydrogen-bond acceptors (Lipinski definition) is 8. The summed E-state index contributed by atoms with van der Waals surface area (Å²) < 4.78 is 6.61. The molecule has 0 aliphatic carbocycles. The Labute approximate surface area is 195 Å². The van der Waals surface area contributed by atoms with Crippen molar-refractivity contribution < 1.29 is 18.8 Å². The molecule has 2 heterocycles. The summed E-state index contributed by atoms with van der Waals surface area (Å²) in [7, 11) is 0. The quantitative estimate of drug-likeness (QED) is 0.502. The minimum Gasteiger partial charge on any atom is -0.418 e. The predicted molar refractivity (Wildman–Crippen MR) is 123 cm³/mol. The van der Waals surface area contributed by atoms with Gasteiger partial charge in [-0.2, -0.15) is 0 Å². The van der Waals surface area contributed by atoms with Crippen molar-refractivity contribution in [3.8, 4) is 11.4 Å². The number of ketones is 1. The molecule has 1 unspecified atom stereocenters. The maximum Gasteiger partial charge on any atom is 0.286 e. The molecule has 0 radical (unpaired) electrons. The van der Waals surface area contributed by atoms with Crippen LogP contribution in [0.4, 0.5) is 5.82 Å². The first-order valence-corrected chi connectivity index (χ1v) is 10.6. The molecule has 0 saturated carbocycles. The molecule has 0 bridgehead atoms. The molecule has 2 amide bonds. The fourth-order valence-electron chi connectivity index (χ4n) is 3.02. The van der Waals surface area contributed by atoms with Gasteiger partial charge in [-0.25, -0.2) is 4.98 Å². The molecule has 2 N–H and O–H groups in total. The van der Waals surface area contributed by atoms with Crippen LogP contribution in [0.25, 0.3) is 11.4 Å². The standard InChI is InChI=1S/C23H26N6O5/c1-13(19(33)21-27-28-22(34-21)23(3,4)5)24-17(31)12-29-18(32)11-16(25-14(2)30)26-20(29)15-9-7-6-8-10-15/h6-11,13H,12H2,1-5H3,(H,24,31)(H,25,30). The van der Waals surface area contributed by atoms with Gasteiger partial charge in [-0.3, -0.25) is 23.7 Å². The second-order valence-corrected chi connectivity index (χ2v) is 8.75. The molecule has 3 aromatic rings. The highest BCUT2D eigenvalue weighted by Gasteiger charge is 2.27. The number of nitrogens with zero attached hydrogens (tertiary/aromatic N) is 4. The van der Waals surface area contributed by atoms with Crippen LogP contribution >= 0.6 is 0 Å². The van der Waals surface area contributed by atoms with Gasteiger partial charge in [0, 0.05) is 24.0 Å². The van der Waals surface area contributed by atoms with Crippen molar-refractivity contribution in [1.82, 2.24) is 25.1 Å². The molecule has 3 rings (SSSR count). The van der Waals surface area contributed by atoms with Crippen LogP contribution in [-0.4, -0.2) is 43.4 Å². The largest absolute Gasteiger partial charge is 0.418 e. The van der Waals surface area contributed by atoms with Gasteiger partial charge >= 0.3 is 0 Å². The molecule has 1 aromatic carbocycles. The van der Waals surface area contributed by atoms with Gasteiger partial charge in [0.15, 0.2) is 0 Å². The van der Waals surface area contributed by atoms with E-state index in [1.54, 1.807) is 30.3 Å². The molecule has 0 aliphatic heterocycles. The van der Waals surface area contributed by atoms with E-state index >= 15 is 0 Å². The number of amides is 2. The van der Waals surface area contributed by atoms with Crippen LogP contribution in [0.3, 0.4) is 0 Å². The van der Waals surface area contributed by atoms with Gasteiger partial charge in [-0.05, 0) is 6.92 Å². The molecule has 11 heteroatoms. The van der Waals surface area contributed by atoms with Crippen molar-refractivity contribution in [2.24, 2.45) is 0 Å². The van der Waals surface area contributed by atoms with Gasteiger partial charge in [0.25, 0.3) is 11.4 Å². The number of carbonyl (C=O) groups excluding carboxylic acids is 3. The molecule has 0 spiro atoms. The van der Waals surface area contributed by atoms with E-state index in [-0.39, 0.29) is 23.4 Å². The third kappa shape index (κ3) is 5.80. The third-order valence-electron chi connectivity index (χ3n) is 4.69. The smallest absolute Gasteiger partial charge is 0.286 e. The molecule has 178 valence electrons. The number of anilines is 1. The first kappa shape index (κ1) is 24.5. The van der Waals surface area contributed by atoms with E-state index in [1.165, 1.54) is 13.8 Å². The number of aromatic nitrogens is 4. The van der Waals surface area contributed by atoms with Crippen molar-refractivity contribution in [1.29, 1.82) is 0 Å². The molecule has 1 atom stereocenters. The van der Waals surface area contributed by atoms with E-state index in [4.69, 9.17) is 4.42 Å². The second kappa shape index (κ2) is 9.77. The maximum atomic E-state index is 12.8. The van der Waals surface area contributed by atoms with E-state index in [2.05, 4.69) is 25.8 Å². The molecular weight excluding hydrogens is 440 g/mol. The highest BCUT2D eigenvalue weighted by molar-refractivity contribution is 5.98. The van der Waals surface area contributed by atoms with Crippen molar-refractivity contribution in [3.05, 3.63) is 58.5 Å². The van der Waals surface area contributed by atoms with E-state index in [1.807, 2.05) is 20.8 Å². The van der Waals surface area contributed by atoms with Crippen molar-refractivity contribution in [3.63, 3.8) is 0 Å². The summed E-state index contributed by atoms with van der Waals surface area (Å²) in [5.41, 5.74) is -0.397. The first-order chi connectivity index (χ1) is 16.0. The molecule has 0 fully saturated rings. The minimum absolute atomic E-state index is 0.0719. The Balaban J connectivity index is 1.82. The lowest BCUT2D eigenvalue weighted by molar-refractivity contribution is -0.122. The van der Waals surface area contributed by atoms with Gasteiger partial charge in [0.1, 0.15) is 18.2 Å². The van der Waals surface area contributed by atoms with Crippen molar-refractivity contribution in [2.75, 3.05) is 5.32 Å². The number of Topliss-reactive ketones (excluding diaryl/α,β-unsaturated/α-hetero) is 1. The lowest BCUT2D eigenvalue weighted by Crippen LogP contribution is -2.42. The Morgan fingerprint density at radius 1 is 1.12 bits per heavy atom. The molecule has 34 heavy (non-hydrogen) atoms. The molecular formula is C23H26N6O5. The lowest BCUT2D eigenvalue weighted by atomic mass is 9.97. The first-order valence-electron chi connectivity index (χ1n) is 10.6. The van der Waals surface area contributed by atoms with Gasteiger partial charge in [-0.15, -0.1) is 10.2 Å². The fourth-order valence-corrected chi connectivity index (χ4v) is 3.02. The Morgan fingerprint density at radius 2 is 1.79 bits per heavy atom. The summed E-state index contributed by atoms with van der Waals surface area (Å²) in [4.78, 5) is 53.9. The van der Waals surface area contributed by atoms with Crippen LogP contribution < -0.4 is 16.2 Å². The summed E-state index contributed by atoms with van der Waals surface area (Å²) in [6, 6.07) is 8.92. The normalized spacial score (nSPS) is 12.1. The number of rotatable bonds is 7. The summed E-state index contributed by atoms with van der Waals surface area (Å²) in [6.07, 6.45) is 0. The molecule has 0 aliphatic rings. The third-order valence-corrected chi connectivity index (χ3v) is 4.69. The maximum absolute atomic E-state index is 12.8. The van der Waals surface area contributed by atoms with Gasteiger partial charge in [0.05, 0.1) is 6.04 Å². The minimum atomic E-state index is -0.969. The summed E-state index contributed by atoms with van der Waals surface area (Å²) in [6.45, 7) is 7.99. The van der Waals surface area contributed by atoms with Crippen LogP contribution in [0.15, 0.2) is 45.6 Å². The molecule has 2 aromatic heterocycles. The highest BCUT2D eigenvalue weighted by Crippen LogP contribution is 2.21. The van der Waals surface area contributed by atoms with E-state index in [0.717, 1.165) is 10.6 Å². The zero-order valence-electron chi connectivity index (χ0n) is 19.6. The predicted octanol–water partition coefficient (Wildman–Crippen LogP) is 1.94. The van der Waals surface area contributed by atoms with Crippen LogP contribution in [0.1, 0.15) is 51.2 Å². The molecule has 0 saturated heterocycles. The topological polar surface area (TPSA) is 149 Å². The van der Waals surface area contributed by atoms with E-state index in [9.17, 15) is 19.2 Å². The fraction of sp³-hybridized carbons (Fsp3) is 0.348. The van der Waals surface area contributed by atoms with Gasteiger partial charge in [0.2, 0.25) is 23.5 Å². The monoisotopic (exact) mass is 466 g/mol. The Morgan fingerprint density at radius 3 is 2.38 bits per heavy atom. The number of carbonyl (C=O) groups is 3. The van der Waals surface area contributed by atoms with Gasteiger partial charge in [-0.1, -0.05) is 51.1 Å². The second-order valence-electron chi connectivity index (χ2n) is 8.75. The molecule has 11 nitrogen and oxygen atoms in total. The average molecular weight is 466 g/mol. The Kier molecular flexibility index (Phi) is 7.04. The Bertz CT molecular complexity index is 1270. The number of benzene rings is 1. The zero-order valence-corrected chi connectivity index (χ0v) is 19.6. The lowest BCUT2D eigenvalue weighted by Gasteiger charge is -2.15. The SMILES string of the molecule is CC(=O)Nc1cc(=O)n(CC(=O)NC(C)C(=O)c2nnc(C(C)(C)C)o2)c(-c2ccccc2)n1. The zero-order chi connectivity index (χ0) is 25.0. The summed E-state index contributed by atoms with van der Waals surface area (Å²) in [5.74, 6) is -1.17. The van der Waals surface area contributed by atoms with Gasteiger partial charge < -0.3 is 15.1 Å². The van der Waals surface area contributed by atoms with Crippen LogP contribution in [0, 0.1) is 0 Å². The number of nitrogens with one attached hydrogen (secondary N) is 2. The Hall–Kier alpha value is -4.15. The average Bonchev–Trinajstić information content (AvgIpc) is 3.26. The van der Waals surface area contributed by atoms with Crippen LogP contribution in [0.2, 0.25) is 0 Å². The van der Waals surface area contributed by atoms with Crippen LogP contribution in [-0.2, 0) is 21.5 Å².